The summed E-state index contributed by atoms with van der Waals surface area (Å²) in [6.07, 6.45) is 0. The summed E-state index contributed by atoms with van der Waals surface area (Å²) in [6.45, 7) is 0. The first kappa shape index (κ1) is 15.5. The molecular formula is C21H17N3. The predicted molar refractivity (Wildman–Crippen MR) is 98.5 cm³/mol. The molecular weight excluding hydrogens is 294 g/mol. The van der Waals surface area contributed by atoms with Crippen LogP contribution in [-0.2, 0) is 0 Å². The highest BCUT2D eigenvalue weighted by Crippen LogP contribution is 2.23. The van der Waals surface area contributed by atoms with Gasteiger partial charge in [-0.3, -0.25) is 5.41 Å². The molecule has 0 aliphatic rings. The van der Waals surface area contributed by atoms with Gasteiger partial charge in [-0.1, -0.05) is 54.6 Å². The van der Waals surface area contributed by atoms with Gasteiger partial charge < -0.3 is 5.32 Å². The van der Waals surface area contributed by atoms with Crippen molar-refractivity contribution in [2.24, 2.45) is 0 Å². The molecule has 2 N–H and O–H groups in total. The predicted octanol–water partition coefficient (Wildman–Crippen LogP) is 4.68. The van der Waals surface area contributed by atoms with Crippen LogP contribution in [-0.4, -0.2) is 12.8 Å². The topological polar surface area (TPSA) is 59.7 Å². The molecule has 0 spiro atoms. The van der Waals surface area contributed by atoms with Crippen molar-refractivity contribution in [2.75, 3.05) is 12.4 Å². The Morgan fingerprint density at radius 1 is 0.875 bits per heavy atom. The van der Waals surface area contributed by atoms with Crippen LogP contribution in [0.15, 0.2) is 72.8 Å². The van der Waals surface area contributed by atoms with E-state index in [9.17, 15) is 0 Å². The molecule has 3 aromatic rings. The van der Waals surface area contributed by atoms with Crippen molar-refractivity contribution >= 4 is 11.4 Å². The third-order valence-electron chi connectivity index (χ3n) is 3.99. The normalized spacial score (nSPS) is 10.0. The van der Waals surface area contributed by atoms with Crippen molar-refractivity contribution < 1.29 is 0 Å². The van der Waals surface area contributed by atoms with Gasteiger partial charge in [0.05, 0.1) is 17.3 Å². The summed E-state index contributed by atoms with van der Waals surface area (Å²) in [4.78, 5) is 0. The molecule has 0 unspecified atom stereocenters. The van der Waals surface area contributed by atoms with Crippen LogP contribution >= 0.6 is 0 Å². The second-order valence-corrected chi connectivity index (χ2v) is 5.44. The van der Waals surface area contributed by atoms with Gasteiger partial charge in [-0.25, -0.2) is 0 Å². The zero-order chi connectivity index (χ0) is 16.9. The molecule has 0 amide bonds. The van der Waals surface area contributed by atoms with Gasteiger partial charge in [0, 0.05) is 23.9 Å². The molecule has 0 atom stereocenters. The number of nitriles is 1. The molecule has 116 valence electrons. The van der Waals surface area contributed by atoms with Crippen LogP contribution in [0.2, 0.25) is 0 Å². The number of rotatable bonds is 4. The van der Waals surface area contributed by atoms with Crippen molar-refractivity contribution in [3.05, 3.63) is 89.5 Å². The Morgan fingerprint density at radius 3 is 2.04 bits per heavy atom. The van der Waals surface area contributed by atoms with Gasteiger partial charge in [0.25, 0.3) is 0 Å². The molecule has 0 radical (unpaired) electrons. The number of nitrogens with one attached hydrogen (secondary N) is 2. The van der Waals surface area contributed by atoms with Crippen LogP contribution in [0.5, 0.6) is 0 Å². The van der Waals surface area contributed by atoms with Crippen molar-refractivity contribution in [3.63, 3.8) is 0 Å². The summed E-state index contributed by atoms with van der Waals surface area (Å²) in [5.41, 5.74) is 5.97. The largest absolute Gasteiger partial charge is 0.388 e. The number of nitrogens with zero attached hydrogens (tertiary/aromatic N) is 1. The summed E-state index contributed by atoms with van der Waals surface area (Å²) >= 11 is 0. The van der Waals surface area contributed by atoms with Gasteiger partial charge in [0.2, 0.25) is 0 Å². The third-order valence-corrected chi connectivity index (χ3v) is 3.99. The van der Waals surface area contributed by atoms with Gasteiger partial charge in [-0.2, -0.15) is 5.26 Å². The quantitative estimate of drug-likeness (QED) is 0.687. The molecule has 0 saturated heterocycles. The first-order valence-corrected chi connectivity index (χ1v) is 7.69. The van der Waals surface area contributed by atoms with Gasteiger partial charge in [0.1, 0.15) is 0 Å². The van der Waals surface area contributed by atoms with E-state index in [4.69, 9.17) is 10.7 Å². The molecule has 0 aliphatic heterocycles. The zero-order valence-corrected chi connectivity index (χ0v) is 13.4. The number of hydrogen-bond acceptors (Lipinski definition) is 3. The van der Waals surface area contributed by atoms with E-state index in [0.717, 1.165) is 27.9 Å². The maximum Gasteiger partial charge on any atom is 0.0991 e. The summed E-state index contributed by atoms with van der Waals surface area (Å²) < 4.78 is 0. The molecule has 3 aromatic carbocycles. The van der Waals surface area contributed by atoms with Crippen molar-refractivity contribution in [1.29, 1.82) is 10.7 Å². The van der Waals surface area contributed by atoms with E-state index < -0.39 is 0 Å². The van der Waals surface area contributed by atoms with Gasteiger partial charge in [-0.15, -0.1) is 0 Å². The van der Waals surface area contributed by atoms with Crippen LogP contribution in [0.3, 0.4) is 0 Å². The van der Waals surface area contributed by atoms with E-state index in [-0.39, 0.29) is 0 Å². The lowest BCUT2D eigenvalue weighted by atomic mass is 9.97. The molecule has 3 heteroatoms. The molecule has 0 aromatic heterocycles. The number of benzene rings is 3. The minimum atomic E-state index is 0.492. The smallest absolute Gasteiger partial charge is 0.0991 e. The Morgan fingerprint density at radius 2 is 1.46 bits per heavy atom. The van der Waals surface area contributed by atoms with Crippen LogP contribution in [0, 0.1) is 16.7 Å². The maximum absolute atomic E-state index is 8.87. The summed E-state index contributed by atoms with van der Waals surface area (Å²) in [7, 11) is 1.86. The average molecular weight is 311 g/mol. The Balaban J connectivity index is 1.88. The summed E-state index contributed by atoms with van der Waals surface area (Å²) in [6, 6.07) is 25.4. The van der Waals surface area contributed by atoms with Crippen LogP contribution in [0.4, 0.5) is 5.69 Å². The Bertz CT molecular complexity index is 901. The fraction of sp³-hybridized carbons (Fsp3) is 0.0476. The molecule has 0 bridgehead atoms. The fourth-order valence-electron chi connectivity index (χ4n) is 2.64. The van der Waals surface area contributed by atoms with Gasteiger partial charge in [-0.05, 0) is 29.3 Å². The highest BCUT2D eigenvalue weighted by Gasteiger charge is 2.09. The number of anilines is 1. The van der Waals surface area contributed by atoms with E-state index in [1.807, 2.05) is 79.8 Å². The molecule has 3 nitrogen and oxygen atoms in total. The molecule has 0 fully saturated rings. The maximum atomic E-state index is 8.87. The minimum Gasteiger partial charge on any atom is -0.388 e. The molecule has 0 heterocycles. The lowest BCUT2D eigenvalue weighted by molar-refractivity contribution is 1.43. The standard InChI is InChI=1S/C21H17N3/c1-24-20-5-3-2-4-19(20)21(23)18-12-10-17(11-13-18)16-8-6-15(14-22)7-9-16/h2-13,23-24H,1H3. The Labute approximate surface area is 141 Å². The van der Waals surface area contributed by atoms with Crippen molar-refractivity contribution in [1.82, 2.24) is 0 Å². The van der Waals surface area contributed by atoms with E-state index in [1.165, 1.54) is 0 Å². The molecule has 3 rings (SSSR count). The third kappa shape index (κ3) is 3.04. The lowest BCUT2D eigenvalue weighted by Crippen LogP contribution is -2.05. The van der Waals surface area contributed by atoms with Gasteiger partial charge in [0.15, 0.2) is 0 Å². The van der Waals surface area contributed by atoms with Crippen LogP contribution in [0.1, 0.15) is 16.7 Å². The molecule has 0 saturated carbocycles. The Kier molecular flexibility index (Phi) is 4.40. The first-order valence-electron chi connectivity index (χ1n) is 7.69. The Hall–Kier alpha value is -3.38. The number of hydrogen-bond donors (Lipinski definition) is 2. The van der Waals surface area contributed by atoms with Crippen LogP contribution in [0.25, 0.3) is 11.1 Å². The number of para-hydroxylation sites is 1. The van der Waals surface area contributed by atoms with Crippen molar-refractivity contribution in [2.45, 2.75) is 0 Å². The lowest BCUT2D eigenvalue weighted by Gasteiger charge is -2.11. The highest BCUT2D eigenvalue weighted by atomic mass is 14.8. The molecule has 24 heavy (non-hydrogen) atoms. The summed E-state index contributed by atoms with van der Waals surface area (Å²) in [5.74, 6) is 0. The van der Waals surface area contributed by atoms with E-state index in [0.29, 0.717) is 11.3 Å². The van der Waals surface area contributed by atoms with Crippen LogP contribution < -0.4 is 5.32 Å². The average Bonchev–Trinajstić information content (AvgIpc) is 2.67. The second kappa shape index (κ2) is 6.80. The zero-order valence-electron chi connectivity index (χ0n) is 13.4. The SMILES string of the molecule is CNc1ccccc1C(=N)c1ccc(-c2ccc(C#N)cc2)cc1. The monoisotopic (exact) mass is 311 g/mol. The van der Waals surface area contributed by atoms with Gasteiger partial charge >= 0.3 is 0 Å². The molecule has 0 aliphatic carbocycles. The minimum absolute atomic E-state index is 0.492. The van der Waals surface area contributed by atoms with E-state index in [1.54, 1.807) is 0 Å². The van der Waals surface area contributed by atoms with E-state index >= 15 is 0 Å². The highest BCUT2D eigenvalue weighted by molar-refractivity contribution is 6.14. The fourth-order valence-corrected chi connectivity index (χ4v) is 2.64. The second-order valence-electron chi connectivity index (χ2n) is 5.44. The first-order chi connectivity index (χ1) is 11.7. The van der Waals surface area contributed by atoms with E-state index in [2.05, 4.69) is 11.4 Å². The van der Waals surface area contributed by atoms with Crippen molar-refractivity contribution in [3.8, 4) is 17.2 Å². The summed E-state index contributed by atoms with van der Waals surface area (Å²) in [5, 5.41) is 20.5.